The van der Waals surface area contributed by atoms with Crippen molar-refractivity contribution in [2.45, 2.75) is 107 Å². The molecule has 0 saturated carbocycles. The molecule has 13 N–H and O–H groups in total. The Bertz CT molecular complexity index is 3570. The van der Waals surface area contributed by atoms with Crippen LogP contribution in [-0.2, 0) is 72.0 Å². The Labute approximate surface area is 501 Å². The number of ether oxygens (including phenoxy) is 3. The minimum Gasteiger partial charge on any atom is -0.445 e. The summed E-state index contributed by atoms with van der Waals surface area (Å²) in [6.07, 6.45) is -11.2. The zero-order valence-electron chi connectivity index (χ0n) is 47.0. The third-order valence-electron chi connectivity index (χ3n) is 14.1. The van der Waals surface area contributed by atoms with E-state index >= 15 is 8.78 Å². The SMILES string of the molecule is CC(C)[C@H](NC(=O)CCN1C(=O)C=CC1=O)C(=O)N[C@@H](CCCNC(N)=O)C(=O)Nc1ccc(COC(=O)NCC(O)CNc2ncnc3c2ncn3[C@@H]2O[C@@H]3COP(=O)(O)O[C@H]4[C@@H](F)[C@H](n5cnc6c(N)ncnc65)O[C@@H]4COP(=O)(O)O[C@H]3[C@H]2F)cc1. The summed E-state index contributed by atoms with van der Waals surface area (Å²) in [6.45, 7) is 0.351. The number of nitrogens with zero attached hydrogens (tertiary/aromatic N) is 9. The quantitative estimate of drug-likeness (QED) is 0.0242. The first-order valence-corrected chi connectivity index (χ1v) is 30.2. The molecule has 480 valence electrons. The largest absolute Gasteiger partial charge is 0.472 e. The first-order valence-electron chi connectivity index (χ1n) is 27.2. The molecule has 5 aromatic rings. The molecule has 3 saturated heterocycles. The topological polar surface area (TPSA) is 494 Å². The van der Waals surface area contributed by atoms with Crippen LogP contribution in [0.1, 0.15) is 51.1 Å². The van der Waals surface area contributed by atoms with Gasteiger partial charge in [-0.15, -0.1) is 0 Å². The molecule has 4 aliphatic rings. The first kappa shape index (κ1) is 65.2. The predicted octanol–water partition coefficient (Wildman–Crippen LogP) is -0.236. The Kier molecular flexibility index (Phi) is 20.5. The Morgan fingerprint density at radius 2 is 1.37 bits per heavy atom. The van der Waals surface area contributed by atoms with Crippen molar-refractivity contribution in [1.82, 2.24) is 65.2 Å². The molecule has 40 heteroatoms. The van der Waals surface area contributed by atoms with Gasteiger partial charge in [-0.1, -0.05) is 26.0 Å². The Hall–Kier alpha value is -8.29. The number of phosphoric ester groups is 2. The summed E-state index contributed by atoms with van der Waals surface area (Å²) in [4.78, 5) is 135. The first-order chi connectivity index (χ1) is 42.3. The van der Waals surface area contributed by atoms with Crippen molar-refractivity contribution in [1.29, 1.82) is 0 Å². The Morgan fingerprint density at radius 1 is 0.787 bits per heavy atom. The van der Waals surface area contributed by atoms with Gasteiger partial charge in [0.1, 0.15) is 61.3 Å². The molecule has 0 radical (unpaired) electrons. The van der Waals surface area contributed by atoms with Crippen molar-refractivity contribution in [3.05, 3.63) is 67.3 Å². The van der Waals surface area contributed by atoms with E-state index < -0.39 is 144 Å². The summed E-state index contributed by atoms with van der Waals surface area (Å²) >= 11 is 0. The number of halogens is 2. The smallest absolute Gasteiger partial charge is 0.445 e. The number of aliphatic hydroxyl groups is 1. The van der Waals surface area contributed by atoms with Gasteiger partial charge in [-0.3, -0.25) is 56.1 Å². The molecule has 4 aliphatic heterocycles. The fraction of sp³-hybridized carbons (Fsp3) is 0.490. The van der Waals surface area contributed by atoms with Crippen molar-refractivity contribution >= 4 is 97.0 Å². The van der Waals surface area contributed by atoms with Crippen LogP contribution in [0.2, 0.25) is 0 Å². The van der Waals surface area contributed by atoms with Crippen LogP contribution in [-0.4, -0.2) is 195 Å². The Balaban J connectivity index is 0.742. The Morgan fingerprint density at radius 3 is 1.97 bits per heavy atom. The summed E-state index contributed by atoms with van der Waals surface area (Å²) in [5, 5.41) is 26.4. The van der Waals surface area contributed by atoms with Gasteiger partial charge in [0.25, 0.3) is 11.8 Å². The third-order valence-corrected chi connectivity index (χ3v) is 16.0. The number of hydrogen-bond acceptors (Lipinski definition) is 25. The number of phosphoric acid groups is 2. The molecule has 0 spiro atoms. The molecule has 3 fully saturated rings. The molecule has 8 heterocycles. The van der Waals surface area contributed by atoms with Gasteiger partial charge in [0, 0.05) is 50.4 Å². The van der Waals surface area contributed by atoms with Crippen molar-refractivity contribution in [2.75, 3.05) is 55.8 Å². The van der Waals surface area contributed by atoms with Gasteiger partial charge in [0.15, 0.2) is 53.2 Å². The number of aliphatic hydroxyl groups excluding tert-OH is 1. The van der Waals surface area contributed by atoms with E-state index in [4.69, 9.17) is 43.8 Å². The number of nitrogens with two attached hydrogens (primary N) is 2. The van der Waals surface area contributed by atoms with Crippen LogP contribution in [0.3, 0.4) is 0 Å². The zero-order valence-corrected chi connectivity index (χ0v) is 48.8. The van der Waals surface area contributed by atoms with Crippen LogP contribution in [0.25, 0.3) is 22.3 Å². The van der Waals surface area contributed by atoms with Gasteiger partial charge in [0.05, 0.1) is 32.0 Å². The van der Waals surface area contributed by atoms with Gasteiger partial charge < -0.3 is 72.5 Å². The lowest BCUT2D eigenvalue weighted by Crippen LogP contribution is -2.54. The average Bonchev–Trinajstić information content (AvgIpc) is 1.66. The number of carbonyl (C=O) groups is 7. The van der Waals surface area contributed by atoms with E-state index in [1.165, 1.54) is 12.1 Å². The standard InChI is InChI=1S/C49H61F2N17O19P2/c1-23(2)35(65-30(70)11-13-66-31(71)9-10-32(66)72)45(74)64-27(4-3-12-54-48(53)75)44(73)63-25-7-5-24(6-8-25)16-81-49(76)56-15-26(69)14-55-41-37-43(60-20-58-41)68(22-62-37)47-34(51)39-29(85-47)18-83-88(77,78)86-38-28(17-82-89(79,80)87-39)84-46(33(38)50)67-21-61-36-40(52)57-19-59-42(36)67/h5-10,19-23,26-29,33-35,38-39,46-47,69H,3-4,11-18H2,1-2H3,(H,56,76)(H,63,73)(H,64,74)(H,65,70)(H,77,78)(H,79,80)(H2,52,57,59)(H3,53,54,75)(H,55,58,60)/t26?,27-,28+,29+,33+,34+,35-,38+,39+,46+,47+/m0/s1. The lowest BCUT2D eigenvalue weighted by atomic mass is 10.0. The van der Waals surface area contributed by atoms with E-state index in [9.17, 15) is 57.6 Å². The summed E-state index contributed by atoms with van der Waals surface area (Å²) < 4.78 is 99.2. The maximum absolute atomic E-state index is 16.6. The maximum atomic E-state index is 16.6. The van der Waals surface area contributed by atoms with Crippen LogP contribution < -0.4 is 43.4 Å². The zero-order chi connectivity index (χ0) is 63.9. The highest BCUT2D eigenvalue weighted by atomic mass is 31.2. The fourth-order valence-corrected chi connectivity index (χ4v) is 11.5. The highest BCUT2D eigenvalue weighted by Gasteiger charge is 2.55. The molecule has 36 nitrogen and oxygen atoms in total. The second-order valence-electron chi connectivity index (χ2n) is 20.7. The third kappa shape index (κ3) is 16.0. The van der Waals surface area contributed by atoms with Crippen molar-refractivity contribution in [3.8, 4) is 0 Å². The molecule has 8 amide bonds. The van der Waals surface area contributed by atoms with Crippen LogP contribution in [0.15, 0.2) is 61.7 Å². The number of benzene rings is 1. The van der Waals surface area contributed by atoms with Crippen molar-refractivity contribution < 1.29 is 98.7 Å². The van der Waals surface area contributed by atoms with Crippen molar-refractivity contribution in [3.63, 3.8) is 0 Å². The predicted molar refractivity (Wildman–Crippen MR) is 298 cm³/mol. The van der Waals surface area contributed by atoms with Gasteiger partial charge in [-0.05, 0) is 36.5 Å². The summed E-state index contributed by atoms with van der Waals surface area (Å²) in [5.41, 5.74) is 11.8. The summed E-state index contributed by atoms with van der Waals surface area (Å²) in [7, 11) is -10.6. The van der Waals surface area contributed by atoms with E-state index in [1.807, 2.05) is 0 Å². The van der Waals surface area contributed by atoms with E-state index in [0.29, 0.717) is 5.56 Å². The highest BCUT2D eigenvalue weighted by Crippen LogP contribution is 2.54. The molecule has 3 unspecified atom stereocenters. The van der Waals surface area contributed by atoms with Crippen LogP contribution in [0.5, 0.6) is 0 Å². The van der Waals surface area contributed by atoms with E-state index in [-0.39, 0.29) is 91.7 Å². The molecule has 4 aromatic heterocycles. The molecule has 1 aromatic carbocycles. The number of alkyl halides is 2. The number of aromatic nitrogens is 8. The molecule has 89 heavy (non-hydrogen) atoms. The van der Waals surface area contributed by atoms with E-state index in [2.05, 4.69) is 61.8 Å². The second kappa shape index (κ2) is 28.0. The van der Waals surface area contributed by atoms with Crippen LogP contribution >= 0.6 is 15.6 Å². The fourth-order valence-electron chi connectivity index (χ4n) is 9.58. The molecule has 9 rings (SSSR count). The molecular weight excluding hydrogens is 1230 g/mol. The number of alkyl carbamates (subject to hydrolysis) is 1. The van der Waals surface area contributed by atoms with E-state index in [0.717, 1.165) is 51.5 Å². The van der Waals surface area contributed by atoms with Crippen LogP contribution in [0, 0.1) is 5.92 Å². The number of anilines is 3. The summed E-state index contributed by atoms with van der Waals surface area (Å²) in [5.74, 6) is -3.59. The number of imidazole rings is 2. The molecule has 0 aliphatic carbocycles. The molecule has 0 bridgehead atoms. The van der Waals surface area contributed by atoms with Crippen molar-refractivity contribution in [2.24, 2.45) is 11.7 Å². The number of nitrogen functional groups attached to an aromatic ring is 1. The normalized spacial score (nSPS) is 26.4. The van der Waals surface area contributed by atoms with Crippen LogP contribution in [0.4, 0.5) is 35.7 Å². The number of hydrogen-bond donors (Lipinski definition) is 11. The lowest BCUT2D eigenvalue weighted by molar-refractivity contribution is -0.137. The van der Waals surface area contributed by atoms with E-state index in [1.54, 1.807) is 26.0 Å². The van der Waals surface area contributed by atoms with Gasteiger partial charge in [0.2, 0.25) is 17.7 Å². The minimum absolute atomic E-state index is 0.00908. The monoisotopic (exact) mass is 1290 g/mol. The molecule has 13 atom stereocenters. The number of fused-ring (bicyclic) bond motifs is 4. The van der Waals surface area contributed by atoms with Gasteiger partial charge in [-0.25, -0.2) is 57.4 Å². The highest BCUT2D eigenvalue weighted by molar-refractivity contribution is 7.47. The number of rotatable bonds is 22. The molecular formula is C49H61F2N17O19P2. The number of amides is 8. The maximum Gasteiger partial charge on any atom is 0.472 e. The lowest BCUT2D eigenvalue weighted by Gasteiger charge is -2.27. The average molecular weight is 1290 g/mol. The van der Waals surface area contributed by atoms with Gasteiger partial charge >= 0.3 is 27.8 Å². The number of nitrogens with one attached hydrogen (secondary N) is 6. The minimum atomic E-state index is -5.30. The second-order valence-corrected chi connectivity index (χ2v) is 23.5. The number of primary amides is 1. The number of imide groups is 1. The summed E-state index contributed by atoms with van der Waals surface area (Å²) in [6, 6.07) is 3.01. The number of urea groups is 1. The van der Waals surface area contributed by atoms with Gasteiger partial charge in [-0.2, -0.15) is 0 Å². The number of carbonyl (C=O) groups excluding carboxylic acids is 7.